The molecular weight excluding hydrogens is 742 g/mol. The van der Waals surface area contributed by atoms with Crippen molar-refractivity contribution in [3.8, 4) is 23.0 Å². The van der Waals surface area contributed by atoms with Crippen molar-refractivity contribution in [2.24, 2.45) is 5.92 Å². The largest absolute Gasteiger partial charge is 0.497 e. The van der Waals surface area contributed by atoms with Gasteiger partial charge in [-0.3, -0.25) is 28.8 Å². The average Bonchev–Trinajstić information content (AvgIpc) is 3.18. The summed E-state index contributed by atoms with van der Waals surface area (Å²) in [6, 6.07) is 11.4. The van der Waals surface area contributed by atoms with Gasteiger partial charge in [-0.05, 0) is 60.9 Å². The van der Waals surface area contributed by atoms with Crippen LogP contribution in [0.3, 0.4) is 0 Å². The first kappa shape index (κ1) is 41.5. The number of benzene rings is 3. The van der Waals surface area contributed by atoms with E-state index in [-0.39, 0.29) is 30.7 Å². The predicted octanol–water partition coefficient (Wildman–Crippen LogP) is 3.25. The lowest BCUT2D eigenvalue weighted by atomic mass is 9.96. The van der Waals surface area contributed by atoms with E-state index in [4.69, 9.17) is 25.8 Å². The topological polar surface area (TPSA) is 173 Å². The van der Waals surface area contributed by atoms with Gasteiger partial charge in [0.1, 0.15) is 35.7 Å². The number of ketones is 1. The fraction of sp³-hybridized carbons (Fsp3) is 0.415. The van der Waals surface area contributed by atoms with Crippen LogP contribution in [0.2, 0.25) is 5.02 Å². The summed E-state index contributed by atoms with van der Waals surface area (Å²) < 4.78 is 16.9. The lowest BCUT2D eigenvalue weighted by Gasteiger charge is -2.34. The molecule has 3 heterocycles. The molecule has 14 nitrogen and oxygen atoms in total. The van der Waals surface area contributed by atoms with Crippen LogP contribution >= 0.6 is 11.6 Å². The quantitative estimate of drug-likeness (QED) is 0.359. The Balaban J connectivity index is 1.56. The van der Waals surface area contributed by atoms with Gasteiger partial charge in [-0.15, -0.1) is 0 Å². The highest BCUT2D eigenvalue weighted by atomic mass is 35.5. The van der Waals surface area contributed by atoms with Gasteiger partial charge in [-0.25, -0.2) is 0 Å². The Morgan fingerprint density at radius 2 is 1.39 bits per heavy atom. The number of fused-ring (bicyclic) bond motifs is 2. The third-order valence-electron chi connectivity index (χ3n) is 10.3. The van der Waals surface area contributed by atoms with Crippen LogP contribution in [0.1, 0.15) is 43.9 Å². The summed E-state index contributed by atoms with van der Waals surface area (Å²) in [5.74, 6) is -2.58. The van der Waals surface area contributed by atoms with Crippen molar-refractivity contribution in [3.05, 3.63) is 82.4 Å². The van der Waals surface area contributed by atoms with Crippen LogP contribution in [0.4, 0.5) is 0 Å². The van der Waals surface area contributed by atoms with Gasteiger partial charge < -0.3 is 40.0 Å². The van der Waals surface area contributed by atoms with E-state index in [1.54, 1.807) is 67.6 Å². The van der Waals surface area contributed by atoms with Crippen molar-refractivity contribution in [1.29, 1.82) is 0 Å². The summed E-state index contributed by atoms with van der Waals surface area (Å²) in [7, 11) is 5.93. The van der Waals surface area contributed by atoms with Crippen LogP contribution in [-0.4, -0.2) is 104 Å². The molecule has 1 fully saturated rings. The highest BCUT2D eigenvalue weighted by molar-refractivity contribution is 6.31. The number of methoxy groups -OCH3 is 2. The fourth-order valence-corrected chi connectivity index (χ4v) is 7.03. The molecule has 0 spiro atoms. The van der Waals surface area contributed by atoms with E-state index < -0.39 is 71.4 Å². The van der Waals surface area contributed by atoms with E-state index in [1.165, 1.54) is 52.0 Å². The smallest absolute Gasteiger partial charge is 0.245 e. The van der Waals surface area contributed by atoms with Gasteiger partial charge in [-0.2, -0.15) is 0 Å². The van der Waals surface area contributed by atoms with Crippen molar-refractivity contribution in [1.82, 2.24) is 25.8 Å². The Morgan fingerprint density at radius 1 is 0.732 bits per heavy atom. The summed E-state index contributed by atoms with van der Waals surface area (Å²) in [5.41, 5.74) is 1.82. The fourth-order valence-electron chi connectivity index (χ4n) is 6.80. The molecule has 0 aromatic heterocycles. The summed E-state index contributed by atoms with van der Waals surface area (Å²) in [4.78, 5) is 86.4. The van der Waals surface area contributed by atoms with E-state index in [9.17, 15) is 28.8 Å². The van der Waals surface area contributed by atoms with Crippen molar-refractivity contribution in [3.63, 3.8) is 0 Å². The monoisotopic (exact) mass is 789 g/mol. The number of nitrogens with one attached hydrogen (secondary N) is 3. The molecule has 56 heavy (non-hydrogen) atoms. The van der Waals surface area contributed by atoms with Gasteiger partial charge in [0.15, 0.2) is 17.3 Å². The van der Waals surface area contributed by atoms with E-state index in [0.717, 1.165) is 5.56 Å². The van der Waals surface area contributed by atoms with E-state index in [2.05, 4.69) is 16.0 Å². The van der Waals surface area contributed by atoms with Gasteiger partial charge in [0, 0.05) is 56.8 Å². The lowest BCUT2D eigenvalue weighted by molar-refractivity contribution is -0.145. The zero-order valence-corrected chi connectivity index (χ0v) is 33.3. The highest BCUT2D eigenvalue weighted by Gasteiger charge is 2.37. The maximum atomic E-state index is 14.3. The summed E-state index contributed by atoms with van der Waals surface area (Å²) >= 11 is 6.67. The minimum atomic E-state index is -1.27. The molecule has 0 aliphatic carbocycles. The standard InChI is InChI=1S/C41H48ClN5O9/c1-22-16-34(48)23(2)43-37(49)31-19-27-20-36(35(55-7)21-30(27)42)56-29-14-10-26(11-15-29)18-33(39(51)45-31)47(5)41(53)24(3)44-38(50)32(46(4)40(22)52)17-25-8-12-28(54-6)13-9-25/h8-15,20-24,31-33H,16-19H2,1-7H3,(H,43,49)(H,44,50)(H,45,51)/t22-,23-,24+,31+,32+,33+/m1/s1. The van der Waals surface area contributed by atoms with Gasteiger partial charge in [-0.1, -0.05) is 42.8 Å². The number of likely N-dealkylation sites (N-methyl/N-ethyl adjacent to an activating group) is 2. The summed E-state index contributed by atoms with van der Waals surface area (Å²) in [6.07, 6.45) is -0.248. The molecule has 0 radical (unpaired) electrons. The second-order valence-corrected chi connectivity index (χ2v) is 14.7. The zero-order chi connectivity index (χ0) is 40.8. The maximum Gasteiger partial charge on any atom is 0.245 e. The molecule has 3 aliphatic heterocycles. The molecule has 0 saturated carbocycles. The second-order valence-electron chi connectivity index (χ2n) is 14.3. The Hall–Kier alpha value is -5.63. The SMILES string of the molecule is COc1ccc(C[C@H]2C(=O)N[C@@H](C)C(=O)N(C)[C@H]3Cc4ccc(cc4)Oc4cc(c(Cl)cc4OC)C[C@H](NC3=O)C(=O)N[C@H](C)C(=O)C[C@@H](C)C(=O)N2C)cc1. The molecule has 0 unspecified atom stereocenters. The van der Waals surface area contributed by atoms with Gasteiger partial charge in [0.05, 0.1) is 20.3 Å². The van der Waals surface area contributed by atoms with E-state index in [1.807, 2.05) is 0 Å². The van der Waals surface area contributed by atoms with Crippen molar-refractivity contribution in [2.45, 2.75) is 76.7 Å². The van der Waals surface area contributed by atoms with Crippen LogP contribution in [0, 0.1) is 5.92 Å². The van der Waals surface area contributed by atoms with Crippen LogP contribution in [0.25, 0.3) is 0 Å². The van der Waals surface area contributed by atoms with Gasteiger partial charge in [0.25, 0.3) is 0 Å². The van der Waals surface area contributed by atoms with Crippen molar-refractivity contribution < 1.29 is 43.0 Å². The first-order chi connectivity index (χ1) is 26.6. The normalized spacial score (nSPS) is 24.3. The molecule has 3 aliphatic rings. The van der Waals surface area contributed by atoms with E-state index >= 15 is 0 Å². The zero-order valence-electron chi connectivity index (χ0n) is 32.5. The summed E-state index contributed by atoms with van der Waals surface area (Å²) in [6.45, 7) is 4.57. The number of halogens is 1. The van der Waals surface area contributed by atoms with Gasteiger partial charge in [0.2, 0.25) is 29.5 Å². The number of Topliss-reactive ketones (excluding diaryl/α,β-unsaturated/α-hetero) is 1. The Bertz CT molecular complexity index is 1970. The Kier molecular flexibility index (Phi) is 13.3. The number of hydrogen-bond acceptors (Lipinski definition) is 9. The molecule has 298 valence electrons. The minimum Gasteiger partial charge on any atom is -0.497 e. The maximum absolute atomic E-state index is 14.3. The number of rotatable bonds is 4. The first-order valence-electron chi connectivity index (χ1n) is 18.3. The Labute approximate surface area is 331 Å². The van der Waals surface area contributed by atoms with Crippen LogP contribution < -0.4 is 30.2 Å². The number of ether oxygens (including phenoxy) is 3. The Morgan fingerprint density at radius 3 is 2.04 bits per heavy atom. The predicted molar refractivity (Wildman–Crippen MR) is 208 cm³/mol. The molecule has 5 amide bonds. The number of carbonyl (C=O) groups is 6. The first-order valence-corrected chi connectivity index (χ1v) is 18.7. The van der Waals surface area contributed by atoms with Crippen LogP contribution in [-0.2, 0) is 48.0 Å². The van der Waals surface area contributed by atoms with Crippen molar-refractivity contribution >= 4 is 46.9 Å². The molecular formula is C41H48ClN5O9. The molecule has 3 N–H and O–H groups in total. The minimum absolute atomic E-state index is 0.0306. The molecule has 3 aromatic rings. The van der Waals surface area contributed by atoms with Crippen molar-refractivity contribution in [2.75, 3.05) is 28.3 Å². The van der Waals surface area contributed by atoms with E-state index in [0.29, 0.717) is 34.1 Å². The summed E-state index contributed by atoms with van der Waals surface area (Å²) in [5, 5.41) is 8.52. The second kappa shape index (κ2) is 17.9. The molecule has 3 aromatic carbocycles. The molecule has 6 rings (SSSR count). The molecule has 15 heteroatoms. The van der Waals surface area contributed by atoms with Crippen LogP contribution in [0.15, 0.2) is 60.7 Å². The third kappa shape index (κ3) is 9.59. The number of nitrogens with zero attached hydrogens (tertiary/aromatic N) is 2. The number of amides is 5. The molecule has 6 atom stereocenters. The third-order valence-corrected chi connectivity index (χ3v) is 10.6. The molecule has 1 saturated heterocycles. The molecule has 6 bridgehead atoms. The number of carbonyl (C=O) groups excluding carboxylic acids is 6. The highest BCUT2D eigenvalue weighted by Crippen LogP contribution is 2.37. The lowest BCUT2D eigenvalue weighted by Crippen LogP contribution is -2.60. The van der Waals surface area contributed by atoms with Gasteiger partial charge >= 0.3 is 0 Å². The van der Waals surface area contributed by atoms with Crippen LogP contribution in [0.5, 0.6) is 23.0 Å². The number of hydrogen-bond donors (Lipinski definition) is 3. The average molecular weight is 790 g/mol.